The number of amides is 1. The maximum Gasteiger partial charge on any atom is 0.251 e. The highest BCUT2D eigenvalue weighted by Crippen LogP contribution is 2.05. The third kappa shape index (κ3) is 8.54. The highest BCUT2D eigenvalue weighted by Gasteiger charge is 2.08. The summed E-state index contributed by atoms with van der Waals surface area (Å²) in [5, 5.41) is 9.48. The van der Waals surface area contributed by atoms with Crippen molar-refractivity contribution in [2.45, 2.75) is 46.2 Å². The van der Waals surface area contributed by atoms with Crippen LogP contribution >= 0.6 is 0 Å². The average Bonchev–Trinajstić information content (AvgIpc) is 2.64. The van der Waals surface area contributed by atoms with E-state index >= 15 is 0 Å². The van der Waals surface area contributed by atoms with Crippen LogP contribution in [0.25, 0.3) is 0 Å². The van der Waals surface area contributed by atoms with Gasteiger partial charge >= 0.3 is 0 Å². The van der Waals surface area contributed by atoms with Crippen LogP contribution < -0.4 is 16.0 Å². The van der Waals surface area contributed by atoms with E-state index in [1.54, 1.807) is 7.05 Å². The summed E-state index contributed by atoms with van der Waals surface area (Å²) in [6.07, 6.45) is 1.86. The Kier molecular flexibility index (Phi) is 10.3. The molecule has 3 N–H and O–H groups in total. The topological polar surface area (TPSA) is 74.8 Å². The van der Waals surface area contributed by atoms with E-state index in [1.807, 2.05) is 38.1 Å². The van der Waals surface area contributed by atoms with E-state index in [9.17, 15) is 4.79 Å². The zero-order chi connectivity index (χ0) is 18.5. The van der Waals surface area contributed by atoms with Crippen LogP contribution in [0, 0.1) is 0 Å². The maximum absolute atomic E-state index is 12.1. The Labute approximate surface area is 151 Å². The number of rotatable bonds is 10. The van der Waals surface area contributed by atoms with Gasteiger partial charge in [-0.2, -0.15) is 0 Å². The number of nitrogens with zero attached hydrogens (tertiary/aromatic N) is 1. The molecule has 140 valence electrons. The molecule has 0 aliphatic heterocycles. The number of carbonyl (C=O) groups excluding carboxylic acids is 1. The van der Waals surface area contributed by atoms with Crippen LogP contribution in [0.5, 0.6) is 0 Å². The Balaban J connectivity index is 2.40. The van der Waals surface area contributed by atoms with E-state index in [0.717, 1.165) is 44.1 Å². The van der Waals surface area contributed by atoms with E-state index < -0.39 is 0 Å². The van der Waals surface area contributed by atoms with E-state index in [1.165, 1.54) is 0 Å². The molecule has 1 aromatic carbocycles. The van der Waals surface area contributed by atoms with Gasteiger partial charge in [-0.1, -0.05) is 19.1 Å². The van der Waals surface area contributed by atoms with Crippen molar-refractivity contribution >= 4 is 11.9 Å². The van der Waals surface area contributed by atoms with Gasteiger partial charge in [0, 0.05) is 45.0 Å². The minimum Gasteiger partial charge on any atom is -0.382 e. The smallest absolute Gasteiger partial charge is 0.251 e. The number of guanidine groups is 1. The summed E-state index contributed by atoms with van der Waals surface area (Å²) in [4.78, 5) is 16.3. The van der Waals surface area contributed by atoms with E-state index in [2.05, 4.69) is 27.9 Å². The van der Waals surface area contributed by atoms with E-state index in [-0.39, 0.29) is 11.9 Å². The van der Waals surface area contributed by atoms with Gasteiger partial charge in [0.15, 0.2) is 5.96 Å². The molecule has 0 aliphatic rings. The quantitative estimate of drug-likeness (QED) is 0.345. The van der Waals surface area contributed by atoms with E-state index in [0.29, 0.717) is 12.1 Å². The molecule has 0 aliphatic carbocycles. The lowest BCUT2D eigenvalue weighted by atomic mass is 10.1. The summed E-state index contributed by atoms with van der Waals surface area (Å²) in [6, 6.07) is 7.81. The molecule has 25 heavy (non-hydrogen) atoms. The lowest BCUT2D eigenvalue weighted by Crippen LogP contribution is -2.37. The number of carbonyl (C=O) groups is 1. The molecule has 1 atom stereocenters. The zero-order valence-electron chi connectivity index (χ0n) is 15.9. The molecule has 1 unspecified atom stereocenters. The van der Waals surface area contributed by atoms with Crippen molar-refractivity contribution in [2.24, 2.45) is 4.99 Å². The van der Waals surface area contributed by atoms with Gasteiger partial charge in [-0.25, -0.2) is 0 Å². The second kappa shape index (κ2) is 12.3. The predicted molar refractivity (Wildman–Crippen MR) is 103 cm³/mol. The third-order valence-electron chi connectivity index (χ3n) is 3.85. The summed E-state index contributed by atoms with van der Waals surface area (Å²) in [5.41, 5.74) is 1.78. The number of aliphatic imine (C=N–C) groups is 1. The first-order chi connectivity index (χ1) is 12.1. The highest BCUT2D eigenvalue weighted by molar-refractivity contribution is 5.94. The fourth-order valence-corrected chi connectivity index (χ4v) is 2.11. The Bertz CT molecular complexity index is 529. The minimum atomic E-state index is -0.0272. The molecule has 0 spiro atoms. The molecule has 0 heterocycles. The second-order valence-electron chi connectivity index (χ2n) is 5.88. The first-order valence-corrected chi connectivity index (χ1v) is 9.02. The Hall–Kier alpha value is -2.08. The molecule has 6 heteroatoms. The molecule has 0 radical (unpaired) electrons. The van der Waals surface area contributed by atoms with Crippen molar-refractivity contribution in [2.75, 3.05) is 26.8 Å². The van der Waals surface area contributed by atoms with Crippen LogP contribution in [0.1, 0.15) is 49.5 Å². The fourth-order valence-electron chi connectivity index (χ4n) is 2.11. The standard InChI is InChI=1S/C19H32N4O2/c1-5-15(3)23-18(24)17-10-8-16(9-11-17)14-22-19(20-4)21-12-7-13-25-6-2/h8-11,15H,5-7,12-14H2,1-4H3,(H,23,24)(H2,20,21,22). The van der Waals surface area contributed by atoms with Crippen LogP contribution in [0.3, 0.4) is 0 Å². The molecule has 6 nitrogen and oxygen atoms in total. The minimum absolute atomic E-state index is 0.0272. The Morgan fingerprint density at radius 3 is 2.52 bits per heavy atom. The van der Waals surface area contributed by atoms with Gasteiger partial charge in [-0.05, 0) is 44.4 Å². The van der Waals surface area contributed by atoms with Crippen LogP contribution in [0.15, 0.2) is 29.3 Å². The number of nitrogens with one attached hydrogen (secondary N) is 3. The summed E-state index contributed by atoms with van der Waals surface area (Å²) < 4.78 is 5.31. The summed E-state index contributed by atoms with van der Waals surface area (Å²) >= 11 is 0. The van der Waals surface area contributed by atoms with Gasteiger partial charge in [0.1, 0.15) is 0 Å². The first kappa shape index (κ1) is 21.0. The first-order valence-electron chi connectivity index (χ1n) is 9.02. The van der Waals surface area contributed by atoms with Crippen molar-refractivity contribution in [3.63, 3.8) is 0 Å². The molecule has 1 aromatic rings. The summed E-state index contributed by atoms with van der Waals surface area (Å²) in [6.45, 7) is 9.01. The molecule has 1 rings (SSSR count). The SMILES string of the molecule is CCOCCCNC(=NC)NCc1ccc(C(=O)NC(C)CC)cc1. The molecule has 1 amide bonds. The zero-order valence-corrected chi connectivity index (χ0v) is 15.9. The predicted octanol–water partition coefficient (Wildman–Crippen LogP) is 2.31. The molecular formula is C19H32N4O2. The van der Waals surface area contributed by atoms with Crippen LogP contribution in [0.4, 0.5) is 0 Å². The molecule has 0 aromatic heterocycles. The molecule has 0 fully saturated rings. The third-order valence-corrected chi connectivity index (χ3v) is 3.85. The average molecular weight is 348 g/mol. The highest BCUT2D eigenvalue weighted by atomic mass is 16.5. The van der Waals surface area contributed by atoms with Gasteiger partial charge in [-0.15, -0.1) is 0 Å². The largest absolute Gasteiger partial charge is 0.382 e. The van der Waals surface area contributed by atoms with Gasteiger partial charge in [0.25, 0.3) is 5.91 Å². The van der Waals surface area contributed by atoms with Gasteiger partial charge < -0.3 is 20.7 Å². The van der Waals surface area contributed by atoms with Crippen molar-refractivity contribution in [3.05, 3.63) is 35.4 Å². The number of hydrogen-bond donors (Lipinski definition) is 3. The van der Waals surface area contributed by atoms with Crippen LogP contribution in [-0.2, 0) is 11.3 Å². The summed E-state index contributed by atoms with van der Waals surface area (Å²) in [7, 11) is 1.75. The van der Waals surface area contributed by atoms with E-state index in [4.69, 9.17) is 4.74 Å². The lowest BCUT2D eigenvalue weighted by molar-refractivity contribution is 0.0939. The number of ether oxygens (including phenoxy) is 1. The van der Waals surface area contributed by atoms with Crippen molar-refractivity contribution in [3.8, 4) is 0 Å². The monoisotopic (exact) mass is 348 g/mol. The van der Waals surface area contributed by atoms with Crippen molar-refractivity contribution < 1.29 is 9.53 Å². The Morgan fingerprint density at radius 2 is 1.92 bits per heavy atom. The van der Waals surface area contributed by atoms with Crippen molar-refractivity contribution in [1.82, 2.24) is 16.0 Å². The lowest BCUT2D eigenvalue weighted by Gasteiger charge is -2.13. The second-order valence-corrected chi connectivity index (χ2v) is 5.88. The number of benzene rings is 1. The molecule has 0 saturated carbocycles. The van der Waals surface area contributed by atoms with Crippen LogP contribution in [-0.4, -0.2) is 44.7 Å². The molecule has 0 bridgehead atoms. The summed E-state index contributed by atoms with van der Waals surface area (Å²) in [5.74, 6) is 0.732. The Morgan fingerprint density at radius 1 is 1.20 bits per heavy atom. The van der Waals surface area contributed by atoms with Crippen LogP contribution in [0.2, 0.25) is 0 Å². The molecular weight excluding hydrogens is 316 g/mol. The van der Waals surface area contributed by atoms with Gasteiger partial charge in [0.05, 0.1) is 0 Å². The molecule has 0 saturated heterocycles. The van der Waals surface area contributed by atoms with Crippen molar-refractivity contribution in [1.29, 1.82) is 0 Å². The maximum atomic E-state index is 12.1. The fraction of sp³-hybridized carbons (Fsp3) is 0.579. The normalized spacial score (nSPS) is 12.6. The number of hydrogen-bond acceptors (Lipinski definition) is 3. The van der Waals surface area contributed by atoms with Gasteiger partial charge in [0.2, 0.25) is 0 Å². The van der Waals surface area contributed by atoms with Gasteiger partial charge in [-0.3, -0.25) is 9.79 Å².